The Labute approximate surface area is 91.4 Å². The van der Waals surface area contributed by atoms with Gasteiger partial charge in [0.2, 0.25) is 5.91 Å². The molecule has 2 heterocycles. The number of hydrogen-bond acceptors (Lipinski definition) is 5. The molecule has 2 aliphatic heterocycles. The van der Waals surface area contributed by atoms with E-state index in [1.165, 1.54) is 0 Å². The third kappa shape index (κ3) is 1.64. The summed E-state index contributed by atoms with van der Waals surface area (Å²) < 4.78 is 26.4. The van der Waals surface area contributed by atoms with Crippen molar-refractivity contribution in [1.82, 2.24) is 4.90 Å². The van der Waals surface area contributed by atoms with Crippen molar-refractivity contribution in [3.05, 3.63) is 11.5 Å². The van der Waals surface area contributed by atoms with E-state index >= 15 is 0 Å². The van der Waals surface area contributed by atoms with E-state index < -0.39 is 16.1 Å². The van der Waals surface area contributed by atoms with Crippen LogP contribution < -0.4 is 0 Å². The summed E-state index contributed by atoms with van der Waals surface area (Å²) >= 11 is 0. The van der Waals surface area contributed by atoms with E-state index in [0.717, 1.165) is 11.2 Å². The van der Waals surface area contributed by atoms with Crippen molar-refractivity contribution in [2.75, 3.05) is 6.26 Å². The maximum atomic E-state index is 11.2. The molecule has 16 heavy (non-hydrogen) atoms. The minimum atomic E-state index is -3.77. The average Bonchev–Trinajstić information content (AvgIpc) is 2.35. The SMILES string of the molecule is CS(=O)(=O)OC1=C(C(=O)O)N2C(=O)CC2C1. The van der Waals surface area contributed by atoms with Gasteiger partial charge < -0.3 is 9.29 Å². The Morgan fingerprint density at radius 3 is 2.56 bits per heavy atom. The van der Waals surface area contributed by atoms with Crippen LogP contribution in [0.4, 0.5) is 0 Å². The third-order valence-corrected chi connectivity index (χ3v) is 2.93. The van der Waals surface area contributed by atoms with Crippen molar-refractivity contribution in [1.29, 1.82) is 0 Å². The van der Waals surface area contributed by atoms with E-state index in [2.05, 4.69) is 4.18 Å². The van der Waals surface area contributed by atoms with Crippen LogP contribution in [-0.2, 0) is 23.9 Å². The molecule has 88 valence electrons. The van der Waals surface area contributed by atoms with Crippen molar-refractivity contribution in [2.45, 2.75) is 18.9 Å². The van der Waals surface area contributed by atoms with E-state index in [1.54, 1.807) is 0 Å². The van der Waals surface area contributed by atoms with Gasteiger partial charge >= 0.3 is 16.1 Å². The first-order valence-corrected chi connectivity index (χ1v) is 6.29. The number of carboxylic acid groups (broad SMARTS) is 1. The Hall–Kier alpha value is -1.57. The van der Waals surface area contributed by atoms with Gasteiger partial charge in [0.05, 0.1) is 12.3 Å². The number of hydrogen-bond donors (Lipinski definition) is 1. The second-order valence-electron chi connectivity index (χ2n) is 3.69. The fourth-order valence-electron chi connectivity index (χ4n) is 1.88. The van der Waals surface area contributed by atoms with Crippen molar-refractivity contribution in [2.24, 2.45) is 0 Å². The lowest BCUT2D eigenvalue weighted by molar-refractivity contribution is -0.147. The zero-order valence-electron chi connectivity index (χ0n) is 8.34. The molecule has 0 spiro atoms. The van der Waals surface area contributed by atoms with Gasteiger partial charge in [0.15, 0.2) is 11.5 Å². The molecule has 0 bridgehead atoms. The maximum Gasteiger partial charge on any atom is 0.356 e. The second-order valence-corrected chi connectivity index (χ2v) is 5.27. The molecule has 2 rings (SSSR count). The third-order valence-electron chi connectivity index (χ3n) is 2.42. The van der Waals surface area contributed by atoms with E-state index in [-0.39, 0.29) is 36.2 Å². The summed E-state index contributed by atoms with van der Waals surface area (Å²) in [4.78, 5) is 23.1. The summed E-state index contributed by atoms with van der Waals surface area (Å²) in [5, 5.41) is 8.89. The molecule has 8 heteroatoms. The van der Waals surface area contributed by atoms with Crippen molar-refractivity contribution >= 4 is 22.0 Å². The van der Waals surface area contributed by atoms with Gasteiger partial charge in [-0.2, -0.15) is 8.42 Å². The topological polar surface area (TPSA) is 101 Å². The van der Waals surface area contributed by atoms with Gasteiger partial charge in [0.25, 0.3) is 0 Å². The van der Waals surface area contributed by atoms with Crippen LogP contribution in [0.1, 0.15) is 12.8 Å². The molecule has 0 radical (unpaired) electrons. The smallest absolute Gasteiger partial charge is 0.356 e. The second kappa shape index (κ2) is 3.21. The van der Waals surface area contributed by atoms with Crippen molar-refractivity contribution in [3.8, 4) is 0 Å². The Bertz CT molecular complexity index is 505. The summed E-state index contributed by atoms with van der Waals surface area (Å²) in [6.07, 6.45) is 1.20. The predicted octanol–water partition coefficient (Wildman–Crippen LogP) is -0.737. The van der Waals surface area contributed by atoms with Crippen LogP contribution in [0, 0.1) is 0 Å². The lowest BCUT2D eigenvalue weighted by Crippen LogP contribution is -2.49. The first-order chi connectivity index (χ1) is 7.29. The van der Waals surface area contributed by atoms with Gasteiger partial charge in [-0.3, -0.25) is 9.69 Å². The van der Waals surface area contributed by atoms with Gasteiger partial charge in [-0.15, -0.1) is 0 Å². The van der Waals surface area contributed by atoms with Crippen LogP contribution in [0.15, 0.2) is 11.5 Å². The maximum absolute atomic E-state index is 11.2. The molecule has 1 unspecified atom stereocenters. The highest BCUT2D eigenvalue weighted by Gasteiger charge is 2.49. The standard InChI is InChI=1S/C8H9NO6S/c1-16(13,14)15-5-2-4-3-6(10)9(4)7(5)8(11)12/h4H,2-3H2,1H3,(H,11,12). The van der Waals surface area contributed by atoms with Gasteiger partial charge in [-0.25, -0.2) is 4.79 Å². The Morgan fingerprint density at radius 2 is 2.12 bits per heavy atom. The number of amides is 1. The zero-order chi connectivity index (χ0) is 12.1. The molecule has 1 atom stereocenters. The Morgan fingerprint density at radius 1 is 1.50 bits per heavy atom. The van der Waals surface area contributed by atoms with Crippen LogP contribution in [0.2, 0.25) is 0 Å². The van der Waals surface area contributed by atoms with Crippen molar-refractivity contribution in [3.63, 3.8) is 0 Å². The molecule has 0 aliphatic carbocycles. The molecule has 1 amide bonds. The molecular formula is C8H9NO6S. The van der Waals surface area contributed by atoms with Crippen molar-refractivity contribution < 1.29 is 27.3 Å². The monoisotopic (exact) mass is 247 g/mol. The summed E-state index contributed by atoms with van der Waals surface area (Å²) in [6, 6.07) is -0.268. The first kappa shape index (κ1) is 10.9. The number of carbonyl (C=O) groups excluding carboxylic acids is 1. The summed E-state index contributed by atoms with van der Waals surface area (Å²) in [5.41, 5.74) is -0.355. The van der Waals surface area contributed by atoms with E-state index in [4.69, 9.17) is 5.11 Å². The Kier molecular flexibility index (Phi) is 2.19. The normalized spacial score (nSPS) is 24.2. The molecule has 1 N–H and O–H groups in total. The highest BCUT2D eigenvalue weighted by atomic mass is 32.2. The van der Waals surface area contributed by atoms with Crippen LogP contribution in [-0.4, -0.2) is 42.6 Å². The largest absolute Gasteiger partial charge is 0.476 e. The predicted molar refractivity (Wildman–Crippen MR) is 50.5 cm³/mol. The molecule has 1 saturated heterocycles. The molecule has 2 aliphatic rings. The summed E-state index contributed by atoms with van der Waals surface area (Å²) in [5.74, 6) is -1.84. The fraction of sp³-hybridized carbons (Fsp3) is 0.500. The van der Waals surface area contributed by atoms with Crippen LogP contribution in [0.5, 0.6) is 0 Å². The lowest BCUT2D eigenvalue weighted by Gasteiger charge is -2.34. The number of fused-ring (bicyclic) bond motifs is 1. The fourth-order valence-corrected chi connectivity index (χ4v) is 2.39. The minimum Gasteiger partial charge on any atom is -0.476 e. The quantitative estimate of drug-likeness (QED) is 0.521. The molecule has 1 fully saturated rings. The van der Waals surface area contributed by atoms with Gasteiger partial charge in [-0.05, 0) is 0 Å². The lowest BCUT2D eigenvalue weighted by atomic mass is 10.0. The number of aliphatic carboxylic acids is 1. The molecule has 0 aromatic rings. The van der Waals surface area contributed by atoms with E-state index in [9.17, 15) is 18.0 Å². The minimum absolute atomic E-state index is 0.139. The van der Waals surface area contributed by atoms with E-state index in [0.29, 0.717) is 0 Å². The number of nitrogens with zero attached hydrogens (tertiary/aromatic N) is 1. The number of rotatable bonds is 3. The first-order valence-electron chi connectivity index (χ1n) is 4.47. The summed E-state index contributed by atoms with van der Waals surface area (Å²) in [7, 11) is -3.77. The molecule has 0 aromatic heterocycles. The Balaban J connectivity index is 2.36. The highest BCUT2D eigenvalue weighted by Crippen LogP contribution is 2.39. The highest BCUT2D eigenvalue weighted by molar-refractivity contribution is 7.86. The van der Waals surface area contributed by atoms with Gasteiger partial charge in [0, 0.05) is 12.8 Å². The molecule has 0 saturated carbocycles. The number of carbonyl (C=O) groups is 2. The number of carboxylic acids is 1. The van der Waals surface area contributed by atoms with Crippen LogP contribution in [0.3, 0.4) is 0 Å². The molecule has 7 nitrogen and oxygen atoms in total. The van der Waals surface area contributed by atoms with Crippen LogP contribution >= 0.6 is 0 Å². The van der Waals surface area contributed by atoms with E-state index in [1.807, 2.05) is 0 Å². The van der Waals surface area contributed by atoms with Crippen LogP contribution in [0.25, 0.3) is 0 Å². The average molecular weight is 247 g/mol. The number of β-lactam (4-membered cyclic amide) rings is 1. The van der Waals surface area contributed by atoms with Gasteiger partial charge in [0.1, 0.15) is 0 Å². The molecular weight excluding hydrogens is 238 g/mol. The summed E-state index contributed by atoms with van der Waals surface area (Å²) in [6.45, 7) is 0. The molecule has 0 aromatic carbocycles. The van der Waals surface area contributed by atoms with Gasteiger partial charge in [-0.1, -0.05) is 0 Å². The zero-order valence-corrected chi connectivity index (χ0v) is 9.15.